The molecule has 2 aliphatic heterocycles. The molecule has 56 valence electrons. The maximum atomic E-state index is 5.20. The summed E-state index contributed by atoms with van der Waals surface area (Å²) in [6, 6.07) is 0.242. The Hall–Kier alpha value is -0.610. The van der Waals surface area contributed by atoms with E-state index >= 15 is 0 Å². The summed E-state index contributed by atoms with van der Waals surface area (Å²) in [5.41, 5.74) is 3.76. The molecule has 0 amide bonds. The summed E-state index contributed by atoms with van der Waals surface area (Å²) in [5.74, 6) is 0. The summed E-state index contributed by atoms with van der Waals surface area (Å²) in [6.45, 7) is 3.92. The molecule has 0 radical (unpaired) electrons. The molecule has 0 aromatic rings. The highest BCUT2D eigenvalue weighted by Gasteiger charge is 2.42. The van der Waals surface area contributed by atoms with Crippen LogP contribution in [0.5, 0.6) is 0 Å². The van der Waals surface area contributed by atoms with Gasteiger partial charge in [0.25, 0.3) is 0 Å². The van der Waals surface area contributed by atoms with Crippen LogP contribution in [0.3, 0.4) is 0 Å². The van der Waals surface area contributed by atoms with Crippen LogP contribution in [0.2, 0.25) is 0 Å². The van der Waals surface area contributed by atoms with Crippen LogP contribution >= 0.6 is 0 Å². The second kappa shape index (κ2) is 1.93. The maximum absolute atomic E-state index is 5.20. The van der Waals surface area contributed by atoms with Gasteiger partial charge in [-0.1, -0.05) is 5.16 Å². The fraction of sp³-hybridized carbons (Fsp3) is 0.833. The fourth-order valence-electron chi connectivity index (χ4n) is 1.24. The Labute approximate surface area is 59.1 Å². The van der Waals surface area contributed by atoms with Crippen molar-refractivity contribution in [3.05, 3.63) is 0 Å². The molecule has 2 rings (SSSR count). The molecule has 0 aromatic carbocycles. The first-order valence-electron chi connectivity index (χ1n) is 3.40. The molecule has 1 fully saturated rings. The van der Waals surface area contributed by atoms with E-state index in [1.165, 1.54) is 0 Å². The number of fused-ring (bicyclic) bond motifs is 1. The summed E-state index contributed by atoms with van der Waals surface area (Å²) in [5, 5.41) is 3.82. The quantitative estimate of drug-likeness (QED) is 0.519. The standard InChI is InChI=1S/C6H10N2O2/c1-3-5-6(10-7-3)4(2)8-9-5/h3,5-7H,1-2H3. The van der Waals surface area contributed by atoms with Crippen LogP contribution in [-0.2, 0) is 9.68 Å². The molecule has 1 saturated heterocycles. The Morgan fingerprint density at radius 2 is 2.40 bits per heavy atom. The van der Waals surface area contributed by atoms with Crippen molar-refractivity contribution < 1.29 is 9.68 Å². The topological polar surface area (TPSA) is 42.8 Å². The lowest BCUT2D eigenvalue weighted by molar-refractivity contribution is 0.0349. The highest BCUT2D eigenvalue weighted by molar-refractivity contribution is 5.87. The summed E-state index contributed by atoms with van der Waals surface area (Å²) in [7, 11) is 0. The third kappa shape index (κ3) is 0.660. The monoisotopic (exact) mass is 142 g/mol. The Morgan fingerprint density at radius 1 is 1.60 bits per heavy atom. The Morgan fingerprint density at radius 3 is 3.10 bits per heavy atom. The molecule has 0 aromatic heterocycles. The SMILES string of the molecule is CC1=NOC2C(C)NOC12. The van der Waals surface area contributed by atoms with Crippen LogP contribution in [-0.4, -0.2) is 24.0 Å². The Bertz CT molecular complexity index is 181. The van der Waals surface area contributed by atoms with Gasteiger partial charge in [0.2, 0.25) is 0 Å². The fourth-order valence-corrected chi connectivity index (χ4v) is 1.24. The number of nitrogens with zero attached hydrogens (tertiary/aromatic N) is 1. The van der Waals surface area contributed by atoms with Gasteiger partial charge in [0, 0.05) is 0 Å². The average Bonchev–Trinajstić information content (AvgIpc) is 2.41. The van der Waals surface area contributed by atoms with E-state index in [-0.39, 0.29) is 18.2 Å². The van der Waals surface area contributed by atoms with Gasteiger partial charge in [-0.25, -0.2) is 0 Å². The van der Waals surface area contributed by atoms with Crippen LogP contribution in [0.15, 0.2) is 5.16 Å². The largest absolute Gasteiger partial charge is 0.387 e. The molecule has 3 atom stereocenters. The predicted molar refractivity (Wildman–Crippen MR) is 35.5 cm³/mol. The van der Waals surface area contributed by atoms with Crippen LogP contribution < -0.4 is 5.48 Å². The highest BCUT2D eigenvalue weighted by atomic mass is 16.7. The van der Waals surface area contributed by atoms with Crippen LogP contribution in [0.1, 0.15) is 13.8 Å². The Kier molecular flexibility index (Phi) is 1.18. The predicted octanol–water partition coefficient (Wildman–Crippen LogP) is 0.0530. The van der Waals surface area contributed by atoms with E-state index in [2.05, 4.69) is 10.6 Å². The normalized spacial score (nSPS) is 44.6. The average molecular weight is 142 g/mol. The summed E-state index contributed by atoms with van der Waals surface area (Å²) in [4.78, 5) is 10.3. The van der Waals surface area contributed by atoms with Gasteiger partial charge < -0.3 is 4.84 Å². The van der Waals surface area contributed by atoms with Crippen molar-refractivity contribution in [2.45, 2.75) is 32.1 Å². The number of rotatable bonds is 0. The van der Waals surface area contributed by atoms with Gasteiger partial charge in [-0.05, 0) is 13.8 Å². The lowest BCUT2D eigenvalue weighted by Crippen LogP contribution is -2.30. The smallest absolute Gasteiger partial charge is 0.178 e. The van der Waals surface area contributed by atoms with Gasteiger partial charge in [-0.3, -0.25) is 4.84 Å². The summed E-state index contributed by atoms with van der Waals surface area (Å²) >= 11 is 0. The minimum Gasteiger partial charge on any atom is -0.387 e. The molecule has 2 heterocycles. The van der Waals surface area contributed by atoms with Gasteiger partial charge in [0.1, 0.15) is 0 Å². The molecule has 10 heavy (non-hydrogen) atoms. The number of hydrogen-bond acceptors (Lipinski definition) is 4. The van der Waals surface area contributed by atoms with Crippen LogP contribution in [0.25, 0.3) is 0 Å². The molecule has 0 spiro atoms. The van der Waals surface area contributed by atoms with Crippen molar-refractivity contribution >= 4 is 5.71 Å². The van der Waals surface area contributed by atoms with Gasteiger partial charge in [0.15, 0.2) is 12.2 Å². The van der Waals surface area contributed by atoms with E-state index in [9.17, 15) is 0 Å². The van der Waals surface area contributed by atoms with E-state index in [1.54, 1.807) is 0 Å². The third-order valence-corrected chi connectivity index (χ3v) is 1.90. The van der Waals surface area contributed by atoms with Crippen LogP contribution in [0, 0.1) is 0 Å². The van der Waals surface area contributed by atoms with E-state index in [0.29, 0.717) is 0 Å². The molecule has 0 saturated carbocycles. The minimum absolute atomic E-state index is 0.0370. The molecular weight excluding hydrogens is 132 g/mol. The van der Waals surface area contributed by atoms with Crippen molar-refractivity contribution in [3.63, 3.8) is 0 Å². The third-order valence-electron chi connectivity index (χ3n) is 1.90. The molecule has 1 N–H and O–H groups in total. The van der Waals surface area contributed by atoms with E-state index in [4.69, 9.17) is 9.68 Å². The van der Waals surface area contributed by atoms with E-state index < -0.39 is 0 Å². The lowest BCUT2D eigenvalue weighted by Gasteiger charge is -2.06. The van der Waals surface area contributed by atoms with Gasteiger partial charge in [0.05, 0.1) is 11.8 Å². The van der Waals surface area contributed by atoms with Gasteiger partial charge in [-0.15, -0.1) is 0 Å². The molecule has 0 bridgehead atoms. The van der Waals surface area contributed by atoms with Crippen LogP contribution in [0.4, 0.5) is 0 Å². The highest BCUT2D eigenvalue weighted by Crippen LogP contribution is 2.22. The number of nitrogens with one attached hydrogen (secondary N) is 1. The zero-order valence-electron chi connectivity index (χ0n) is 6.00. The first kappa shape index (κ1) is 6.12. The minimum atomic E-state index is 0.0370. The molecule has 0 aliphatic carbocycles. The maximum Gasteiger partial charge on any atom is 0.178 e. The molecule has 2 aliphatic rings. The summed E-state index contributed by atoms with van der Waals surface area (Å²) < 4.78 is 0. The molecular formula is C6H10N2O2. The van der Waals surface area contributed by atoms with E-state index in [0.717, 1.165) is 5.71 Å². The van der Waals surface area contributed by atoms with E-state index in [1.807, 2.05) is 13.8 Å². The van der Waals surface area contributed by atoms with Gasteiger partial charge >= 0.3 is 0 Å². The summed E-state index contributed by atoms with van der Waals surface area (Å²) in [6.07, 6.45) is 0.120. The molecule has 3 unspecified atom stereocenters. The van der Waals surface area contributed by atoms with Crippen molar-refractivity contribution in [1.82, 2.24) is 5.48 Å². The zero-order valence-corrected chi connectivity index (χ0v) is 6.00. The Balaban J connectivity index is 2.16. The van der Waals surface area contributed by atoms with Crippen molar-refractivity contribution in [3.8, 4) is 0 Å². The lowest BCUT2D eigenvalue weighted by atomic mass is 10.1. The molecule has 4 heteroatoms. The second-order valence-corrected chi connectivity index (χ2v) is 2.75. The number of oxime groups is 1. The second-order valence-electron chi connectivity index (χ2n) is 2.75. The van der Waals surface area contributed by atoms with Gasteiger partial charge in [-0.2, -0.15) is 5.48 Å². The zero-order chi connectivity index (χ0) is 7.14. The molecule has 4 nitrogen and oxygen atoms in total. The first-order chi connectivity index (χ1) is 4.79. The number of hydroxylamine groups is 1. The number of hydrogen-bond donors (Lipinski definition) is 1. The first-order valence-corrected chi connectivity index (χ1v) is 3.40. The van der Waals surface area contributed by atoms with Crippen molar-refractivity contribution in [2.75, 3.05) is 0 Å². The van der Waals surface area contributed by atoms with Crippen molar-refractivity contribution in [2.24, 2.45) is 5.16 Å². The van der Waals surface area contributed by atoms with Crippen molar-refractivity contribution in [1.29, 1.82) is 0 Å².